The Hall–Kier alpha value is -1.53. The van der Waals surface area contributed by atoms with E-state index >= 15 is 0 Å². The molecule has 6 heteroatoms. The fourth-order valence-corrected chi connectivity index (χ4v) is 3.39. The summed E-state index contributed by atoms with van der Waals surface area (Å²) in [5.74, 6) is 1.64. The maximum Gasteiger partial charge on any atom is 0.266 e. The van der Waals surface area contributed by atoms with Gasteiger partial charge in [0.2, 0.25) is 0 Å². The molecule has 1 saturated heterocycles. The van der Waals surface area contributed by atoms with Crippen molar-refractivity contribution in [2.45, 2.75) is 13.8 Å². The van der Waals surface area contributed by atoms with Crippen molar-refractivity contribution in [3.05, 3.63) is 28.7 Å². The molecule has 0 bridgehead atoms. The van der Waals surface area contributed by atoms with Gasteiger partial charge < -0.3 is 9.47 Å². The van der Waals surface area contributed by atoms with Gasteiger partial charge in [-0.05, 0) is 29.7 Å². The van der Waals surface area contributed by atoms with Gasteiger partial charge in [-0.25, -0.2) is 0 Å². The first kappa shape index (κ1) is 16.8. The first-order valence-electron chi connectivity index (χ1n) is 6.93. The van der Waals surface area contributed by atoms with E-state index in [9.17, 15) is 4.79 Å². The molecular weight excluding hydrogens is 318 g/mol. The SMILES string of the molecule is COc1ccc(/C=C2/SC(=S)N(CC(C)C)C2=O)cc1OC. The van der Waals surface area contributed by atoms with Crippen LogP contribution < -0.4 is 9.47 Å². The average Bonchev–Trinajstić information content (AvgIpc) is 2.74. The molecule has 118 valence electrons. The van der Waals surface area contributed by atoms with Crippen LogP contribution in [0.3, 0.4) is 0 Å². The number of amides is 1. The molecule has 1 aliphatic rings. The minimum absolute atomic E-state index is 0.0292. The quantitative estimate of drug-likeness (QED) is 0.607. The highest BCUT2D eigenvalue weighted by atomic mass is 32.2. The number of benzene rings is 1. The second-order valence-corrected chi connectivity index (χ2v) is 6.98. The van der Waals surface area contributed by atoms with Crippen molar-refractivity contribution >= 4 is 40.3 Å². The highest BCUT2D eigenvalue weighted by molar-refractivity contribution is 8.26. The van der Waals surface area contributed by atoms with Gasteiger partial charge in [0.25, 0.3) is 5.91 Å². The molecule has 0 aromatic heterocycles. The monoisotopic (exact) mass is 337 g/mol. The topological polar surface area (TPSA) is 38.8 Å². The fourth-order valence-electron chi connectivity index (χ4n) is 2.12. The Labute approximate surface area is 140 Å². The van der Waals surface area contributed by atoms with Gasteiger partial charge in [-0.15, -0.1) is 0 Å². The van der Waals surface area contributed by atoms with Crippen LogP contribution in [-0.4, -0.2) is 35.9 Å². The van der Waals surface area contributed by atoms with Gasteiger partial charge in [0, 0.05) is 6.54 Å². The molecule has 0 spiro atoms. The van der Waals surface area contributed by atoms with Crippen molar-refractivity contribution in [2.24, 2.45) is 5.92 Å². The molecule has 1 aromatic rings. The summed E-state index contributed by atoms with van der Waals surface area (Å²) in [6.07, 6.45) is 1.83. The van der Waals surface area contributed by atoms with Crippen molar-refractivity contribution in [3.63, 3.8) is 0 Å². The van der Waals surface area contributed by atoms with E-state index in [1.165, 1.54) is 11.8 Å². The van der Waals surface area contributed by atoms with Gasteiger partial charge in [0.15, 0.2) is 11.5 Å². The Kier molecular flexibility index (Phi) is 5.47. The van der Waals surface area contributed by atoms with E-state index in [0.29, 0.717) is 33.2 Å². The van der Waals surface area contributed by atoms with Crippen molar-refractivity contribution in [1.82, 2.24) is 4.90 Å². The lowest BCUT2D eigenvalue weighted by Crippen LogP contribution is -2.31. The molecule has 0 N–H and O–H groups in total. The number of hydrogen-bond acceptors (Lipinski definition) is 5. The van der Waals surface area contributed by atoms with Crippen LogP contribution in [0.1, 0.15) is 19.4 Å². The molecule has 0 aliphatic carbocycles. The summed E-state index contributed by atoms with van der Waals surface area (Å²) < 4.78 is 11.1. The summed E-state index contributed by atoms with van der Waals surface area (Å²) in [5, 5.41) is 0. The Balaban J connectivity index is 2.27. The van der Waals surface area contributed by atoms with Crippen molar-refractivity contribution < 1.29 is 14.3 Å². The average molecular weight is 337 g/mol. The summed E-state index contributed by atoms with van der Waals surface area (Å²) in [6.45, 7) is 4.78. The molecule has 0 unspecified atom stereocenters. The largest absolute Gasteiger partial charge is 0.493 e. The predicted molar refractivity (Wildman–Crippen MR) is 94.3 cm³/mol. The van der Waals surface area contributed by atoms with Gasteiger partial charge >= 0.3 is 0 Å². The molecule has 4 nitrogen and oxygen atoms in total. The van der Waals surface area contributed by atoms with Gasteiger partial charge in [-0.3, -0.25) is 9.69 Å². The first-order chi connectivity index (χ1) is 10.5. The number of hydrogen-bond donors (Lipinski definition) is 0. The zero-order valence-electron chi connectivity index (χ0n) is 13.1. The molecule has 0 atom stereocenters. The Morgan fingerprint density at radius 1 is 1.27 bits per heavy atom. The minimum atomic E-state index is -0.0292. The number of carbonyl (C=O) groups excluding carboxylic acids is 1. The Morgan fingerprint density at radius 2 is 1.95 bits per heavy atom. The predicted octanol–water partition coefficient (Wildman–Crippen LogP) is 3.56. The highest BCUT2D eigenvalue weighted by Crippen LogP contribution is 2.34. The number of carbonyl (C=O) groups is 1. The van der Waals surface area contributed by atoms with E-state index in [2.05, 4.69) is 13.8 Å². The zero-order chi connectivity index (χ0) is 16.3. The third-order valence-electron chi connectivity index (χ3n) is 3.13. The molecular formula is C16H19NO3S2. The van der Waals surface area contributed by atoms with Crippen LogP contribution in [0.4, 0.5) is 0 Å². The number of nitrogens with zero attached hydrogens (tertiary/aromatic N) is 1. The molecule has 1 heterocycles. The third-order valence-corrected chi connectivity index (χ3v) is 4.50. The van der Waals surface area contributed by atoms with Crippen molar-refractivity contribution in [3.8, 4) is 11.5 Å². The maximum atomic E-state index is 12.4. The number of ether oxygens (including phenoxy) is 2. The number of methoxy groups -OCH3 is 2. The molecule has 0 radical (unpaired) electrons. The van der Waals surface area contributed by atoms with E-state index in [1.807, 2.05) is 24.3 Å². The van der Waals surface area contributed by atoms with Crippen LogP contribution in [0.5, 0.6) is 11.5 Å². The van der Waals surface area contributed by atoms with Crippen LogP contribution in [-0.2, 0) is 4.79 Å². The van der Waals surface area contributed by atoms with Crippen molar-refractivity contribution in [1.29, 1.82) is 0 Å². The Bertz CT molecular complexity index is 626. The second-order valence-electron chi connectivity index (χ2n) is 5.30. The molecule has 22 heavy (non-hydrogen) atoms. The molecule has 1 aromatic carbocycles. The summed E-state index contributed by atoms with van der Waals surface area (Å²) in [4.78, 5) is 14.7. The lowest BCUT2D eigenvalue weighted by Gasteiger charge is -2.16. The number of thiocarbonyl (C=S) groups is 1. The summed E-state index contributed by atoms with van der Waals surface area (Å²) in [6, 6.07) is 5.55. The molecule has 1 amide bonds. The first-order valence-corrected chi connectivity index (χ1v) is 8.16. The van der Waals surface area contributed by atoms with Crippen molar-refractivity contribution in [2.75, 3.05) is 20.8 Å². The minimum Gasteiger partial charge on any atom is -0.493 e. The van der Waals surface area contributed by atoms with Crippen LogP contribution in [0.15, 0.2) is 23.1 Å². The summed E-state index contributed by atoms with van der Waals surface area (Å²) in [7, 11) is 3.18. The summed E-state index contributed by atoms with van der Waals surface area (Å²) in [5.41, 5.74) is 0.877. The molecule has 2 rings (SSSR count). The van der Waals surface area contributed by atoms with Crippen LogP contribution in [0.2, 0.25) is 0 Å². The van der Waals surface area contributed by atoms with Gasteiger partial charge in [-0.2, -0.15) is 0 Å². The number of thioether (sulfide) groups is 1. The Morgan fingerprint density at radius 3 is 2.55 bits per heavy atom. The summed E-state index contributed by atoms with van der Waals surface area (Å²) >= 11 is 6.64. The zero-order valence-corrected chi connectivity index (χ0v) is 14.7. The van der Waals surface area contributed by atoms with Crippen LogP contribution in [0, 0.1) is 5.92 Å². The molecule has 1 aliphatic heterocycles. The van der Waals surface area contributed by atoms with E-state index < -0.39 is 0 Å². The normalized spacial score (nSPS) is 16.8. The van der Waals surface area contributed by atoms with E-state index in [0.717, 1.165) is 5.56 Å². The highest BCUT2D eigenvalue weighted by Gasteiger charge is 2.32. The van der Waals surface area contributed by atoms with Crippen LogP contribution in [0.25, 0.3) is 6.08 Å². The smallest absolute Gasteiger partial charge is 0.266 e. The second kappa shape index (κ2) is 7.15. The lowest BCUT2D eigenvalue weighted by molar-refractivity contribution is -0.122. The molecule has 0 saturated carbocycles. The van der Waals surface area contributed by atoms with E-state index in [-0.39, 0.29) is 5.91 Å². The van der Waals surface area contributed by atoms with E-state index in [4.69, 9.17) is 21.7 Å². The molecule has 1 fully saturated rings. The number of rotatable bonds is 5. The maximum absolute atomic E-state index is 12.4. The lowest BCUT2D eigenvalue weighted by atomic mass is 10.1. The third kappa shape index (κ3) is 3.62. The van der Waals surface area contributed by atoms with Gasteiger partial charge in [0.1, 0.15) is 4.32 Å². The standard InChI is InChI=1S/C16H19NO3S2/c1-10(2)9-17-15(18)14(22-16(17)21)8-11-5-6-12(19-3)13(7-11)20-4/h5-8,10H,9H2,1-4H3/b14-8+. The van der Waals surface area contributed by atoms with Gasteiger partial charge in [-0.1, -0.05) is 43.9 Å². The van der Waals surface area contributed by atoms with Gasteiger partial charge in [0.05, 0.1) is 19.1 Å². The van der Waals surface area contributed by atoms with Crippen LogP contribution >= 0.6 is 24.0 Å². The fraction of sp³-hybridized carbons (Fsp3) is 0.375. The van der Waals surface area contributed by atoms with E-state index in [1.54, 1.807) is 19.1 Å².